The maximum atomic E-state index is 11.9. The highest BCUT2D eigenvalue weighted by Gasteiger charge is 2.12. The van der Waals surface area contributed by atoms with Gasteiger partial charge in [0.05, 0.1) is 12.8 Å². The second kappa shape index (κ2) is 8.73. The molecule has 0 aromatic carbocycles. The molecule has 1 aromatic heterocycles. The van der Waals surface area contributed by atoms with Crippen LogP contribution in [0.3, 0.4) is 0 Å². The van der Waals surface area contributed by atoms with Gasteiger partial charge in [0.2, 0.25) is 0 Å². The molecule has 5 nitrogen and oxygen atoms in total. The van der Waals surface area contributed by atoms with Crippen LogP contribution in [0.2, 0.25) is 0 Å². The van der Waals surface area contributed by atoms with Crippen LogP contribution in [0.1, 0.15) is 24.9 Å². The highest BCUT2D eigenvalue weighted by Crippen LogP contribution is 2.20. The number of pyridine rings is 1. The fourth-order valence-corrected chi connectivity index (χ4v) is 1.59. The fraction of sp³-hybridized carbons (Fsp3) is 0.583. The number of nitrogens with two attached hydrogens (primary N) is 1. The van der Waals surface area contributed by atoms with E-state index < -0.39 is 13.0 Å². The zero-order valence-corrected chi connectivity index (χ0v) is 10.8. The number of hydrogen-bond donors (Lipinski definition) is 2. The Kier molecular flexibility index (Phi) is 7.24. The summed E-state index contributed by atoms with van der Waals surface area (Å²) in [5.74, 6) is 6.10. The largest absolute Gasteiger partial charge is 0.492 e. The first kappa shape index (κ1) is 15.7. The highest BCUT2D eigenvalue weighted by molar-refractivity contribution is 5.25. The maximum absolute atomic E-state index is 11.9. The van der Waals surface area contributed by atoms with Crippen LogP contribution in [0, 0.1) is 0 Å². The van der Waals surface area contributed by atoms with Gasteiger partial charge in [-0.15, -0.1) is 0 Å². The van der Waals surface area contributed by atoms with Crippen LogP contribution >= 0.6 is 0 Å². The molecule has 0 amide bonds. The summed E-state index contributed by atoms with van der Waals surface area (Å²) in [5, 5.41) is 0. The molecule has 0 aliphatic rings. The first-order valence-corrected chi connectivity index (χ1v) is 6.07. The van der Waals surface area contributed by atoms with E-state index in [2.05, 4.69) is 10.4 Å². The number of ether oxygens (including phenoxy) is 2. The fourth-order valence-electron chi connectivity index (χ4n) is 1.59. The lowest BCUT2D eigenvalue weighted by Crippen LogP contribution is -2.29. The molecule has 0 radical (unpaired) electrons. The lowest BCUT2D eigenvalue weighted by atomic mass is 10.1. The first-order valence-electron chi connectivity index (χ1n) is 6.07. The standard InChI is InChI=1S/C12H19F2N3O2/c1-2-19-10-5-9(6-16-7-10)11(17-15)3-4-18-8-12(13)14/h5-7,11-12,17H,2-4,8,15H2,1H3. The zero-order chi connectivity index (χ0) is 14.1. The molecule has 1 aromatic rings. The Hall–Kier alpha value is -1.31. The molecule has 1 rings (SSSR count). The van der Waals surface area contributed by atoms with Gasteiger partial charge < -0.3 is 9.47 Å². The van der Waals surface area contributed by atoms with Gasteiger partial charge >= 0.3 is 0 Å². The van der Waals surface area contributed by atoms with Gasteiger partial charge in [-0.2, -0.15) is 0 Å². The van der Waals surface area contributed by atoms with Crippen LogP contribution < -0.4 is 16.0 Å². The second-order valence-corrected chi connectivity index (χ2v) is 3.86. The molecule has 3 N–H and O–H groups in total. The van der Waals surface area contributed by atoms with Crippen molar-refractivity contribution >= 4 is 0 Å². The minimum Gasteiger partial charge on any atom is -0.492 e. The average Bonchev–Trinajstić information content (AvgIpc) is 2.39. The lowest BCUT2D eigenvalue weighted by molar-refractivity contribution is 0.0143. The Labute approximate surface area is 111 Å². The van der Waals surface area contributed by atoms with Gasteiger partial charge in [-0.05, 0) is 25.0 Å². The summed E-state index contributed by atoms with van der Waals surface area (Å²) in [4.78, 5) is 4.05. The van der Waals surface area contributed by atoms with Crippen molar-refractivity contribution in [2.45, 2.75) is 25.8 Å². The van der Waals surface area contributed by atoms with Gasteiger partial charge in [-0.1, -0.05) is 0 Å². The van der Waals surface area contributed by atoms with Crippen LogP contribution in [0.15, 0.2) is 18.5 Å². The first-order chi connectivity index (χ1) is 9.17. The van der Waals surface area contributed by atoms with Crippen LogP contribution in [0.25, 0.3) is 0 Å². The molecule has 0 bridgehead atoms. The Balaban J connectivity index is 2.51. The Morgan fingerprint density at radius 2 is 2.21 bits per heavy atom. The maximum Gasteiger partial charge on any atom is 0.261 e. The number of nitrogens with zero attached hydrogens (tertiary/aromatic N) is 1. The molecule has 7 heteroatoms. The average molecular weight is 275 g/mol. The van der Waals surface area contributed by atoms with Gasteiger partial charge in [0.25, 0.3) is 6.43 Å². The molecule has 1 atom stereocenters. The van der Waals surface area contributed by atoms with E-state index in [1.165, 1.54) is 0 Å². The third kappa shape index (κ3) is 5.91. The molecule has 0 aliphatic carbocycles. The number of hydrogen-bond acceptors (Lipinski definition) is 5. The number of halogens is 2. The predicted octanol–water partition coefficient (Wildman–Crippen LogP) is 1.66. The lowest BCUT2D eigenvalue weighted by Gasteiger charge is -2.16. The Morgan fingerprint density at radius 1 is 1.42 bits per heavy atom. The van der Waals surface area contributed by atoms with Gasteiger partial charge in [-0.25, -0.2) is 8.78 Å². The third-order valence-corrected chi connectivity index (χ3v) is 2.44. The van der Waals surface area contributed by atoms with Crippen molar-refractivity contribution in [3.8, 4) is 5.75 Å². The van der Waals surface area contributed by atoms with Gasteiger partial charge in [0.15, 0.2) is 0 Å². The smallest absolute Gasteiger partial charge is 0.261 e. The molecule has 1 unspecified atom stereocenters. The SMILES string of the molecule is CCOc1cncc(C(CCOCC(F)F)NN)c1. The van der Waals surface area contributed by atoms with E-state index in [-0.39, 0.29) is 12.6 Å². The van der Waals surface area contributed by atoms with Crippen molar-refractivity contribution in [3.63, 3.8) is 0 Å². The molecule has 0 saturated carbocycles. The number of hydrazine groups is 1. The van der Waals surface area contributed by atoms with E-state index in [4.69, 9.17) is 15.3 Å². The third-order valence-electron chi connectivity index (χ3n) is 2.44. The number of nitrogens with one attached hydrogen (secondary N) is 1. The number of aromatic nitrogens is 1. The van der Waals surface area contributed by atoms with E-state index >= 15 is 0 Å². The van der Waals surface area contributed by atoms with Crippen molar-refractivity contribution in [1.29, 1.82) is 0 Å². The predicted molar refractivity (Wildman–Crippen MR) is 66.9 cm³/mol. The van der Waals surface area contributed by atoms with Crippen molar-refractivity contribution in [1.82, 2.24) is 10.4 Å². The van der Waals surface area contributed by atoms with Crippen LogP contribution in [-0.4, -0.2) is 31.2 Å². The second-order valence-electron chi connectivity index (χ2n) is 3.86. The quantitative estimate of drug-likeness (QED) is 0.407. The van der Waals surface area contributed by atoms with E-state index in [0.29, 0.717) is 18.8 Å². The molecule has 0 fully saturated rings. The van der Waals surface area contributed by atoms with Gasteiger partial charge in [-0.3, -0.25) is 16.3 Å². The summed E-state index contributed by atoms with van der Waals surface area (Å²) in [6, 6.07) is 1.60. The molecule has 19 heavy (non-hydrogen) atoms. The molecule has 1 heterocycles. The van der Waals surface area contributed by atoms with E-state index in [0.717, 1.165) is 5.56 Å². The monoisotopic (exact) mass is 275 g/mol. The molecular formula is C12H19F2N3O2. The van der Waals surface area contributed by atoms with Crippen LogP contribution in [0.4, 0.5) is 8.78 Å². The Morgan fingerprint density at radius 3 is 2.84 bits per heavy atom. The molecule has 0 aliphatic heterocycles. The van der Waals surface area contributed by atoms with Gasteiger partial charge in [0.1, 0.15) is 12.4 Å². The minimum absolute atomic E-state index is 0.193. The van der Waals surface area contributed by atoms with Crippen molar-refractivity contribution in [2.24, 2.45) is 5.84 Å². The minimum atomic E-state index is -2.45. The van der Waals surface area contributed by atoms with E-state index in [1.54, 1.807) is 12.4 Å². The summed E-state index contributed by atoms with van der Waals surface area (Å²) in [7, 11) is 0. The highest BCUT2D eigenvalue weighted by atomic mass is 19.3. The summed E-state index contributed by atoms with van der Waals surface area (Å²) >= 11 is 0. The molecular weight excluding hydrogens is 256 g/mol. The van der Waals surface area contributed by atoms with Crippen LogP contribution in [-0.2, 0) is 4.74 Å². The zero-order valence-electron chi connectivity index (χ0n) is 10.8. The van der Waals surface area contributed by atoms with Gasteiger partial charge in [0, 0.05) is 18.8 Å². The van der Waals surface area contributed by atoms with E-state index in [9.17, 15) is 8.78 Å². The summed E-state index contributed by atoms with van der Waals surface area (Å²) < 4.78 is 34.0. The van der Waals surface area contributed by atoms with E-state index in [1.807, 2.05) is 13.0 Å². The number of rotatable bonds is 9. The van der Waals surface area contributed by atoms with Crippen molar-refractivity contribution in [2.75, 3.05) is 19.8 Å². The topological polar surface area (TPSA) is 69.4 Å². The van der Waals surface area contributed by atoms with Crippen LogP contribution in [0.5, 0.6) is 5.75 Å². The summed E-state index contributed by atoms with van der Waals surface area (Å²) in [6.07, 6.45) is 1.28. The Bertz CT molecular complexity index is 367. The normalized spacial score (nSPS) is 12.7. The summed E-state index contributed by atoms with van der Waals surface area (Å²) in [5.41, 5.74) is 3.44. The molecule has 0 saturated heterocycles. The molecule has 108 valence electrons. The van der Waals surface area contributed by atoms with Crippen molar-refractivity contribution < 1.29 is 18.3 Å². The van der Waals surface area contributed by atoms with Crippen molar-refractivity contribution in [3.05, 3.63) is 24.0 Å². The summed E-state index contributed by atoms with van der Waals surface area (Å²) in [6.45, 7) is 2.06. The molecule has 0 spiro atoms. The number of alkyl halides is 2.